The minimum atomic E-state index is -0.617. The molecule has 0 fully saturated rings. The maximum absolute atomic E-state index is 11.6. The van der Waals surface area contributed by atoms with Crippen LogP contribution >= 0.6 is 15.9 Å². The average molecular weight is 287 g/mol. The Labute approximate surface area is 101 Å². The van der Waals surface area contributed by atoms with E-state index in [9.17, 15) is 9.59 Å². The van der Waals surface area contributed by atoms with E-state index in [2.05, 4.69) is 31.5 Å². The van der Waals surface area contributed by atoms with E-state index in [1.165, 1.54) is 6.20 Å². The van der Waals surface area contributed by atoms with Gasteiger partial charge in [0.25, 0.3) is 5.91 Å². The molecule has 0 saturated carbocycles. The zero-order valence-electron chi connectivity index (χ0n) is 8.37. The lowest BCUT2D eigenvalue weighted by Gasteiger charge is -2.05. The van der Waals surface area contributed by atoms with E-state index in [-0.39, 0.29) is 12.5 Å². The number of rotatable bonds is 4. The lowest BCUT2D eigenvalue weighted by atomic mass is 10.3. The van der Waals surface area contributed by atoms with Crippen LogP contribution in [0.4, 0.5) is 4.79 Å². The fourth-order valence-electron chi connectivity index (χ4n) is 0.998. The van der Waals surface area contributed by atoms with Crippen molar-refractivity contribution in [1.29, 1.82) is 0 Å². The van der Waals surface area contributed by atoms with Gasteiger partial charge in [-0.2, -0.15) is 0 Å². The summed E-state index contributed by atoms with van der Waals surface area (Å²) < 4.78 is 0.621. The molecule has 86 valence electrons. The highest BCUT2D eigenvalue weighted by Gasteiger charge is 2.09. The largest absolute Gasteiger partial charge is 0.352 e. The van der Waals surface area contributed by atoms with Crippen molar-refractivity contribution >= 4 is 27.9 Å². The molecule has 0 saturated heterocycles. The summed E-state index contributed by atoms with van der Waals surface area (Å²) >= 11 is 3.22. The zero-order chi connectivity index (χ0) is 12.0. The minimum absolute atomic E-state index is 0.283. The number of halogens is 1. The van der Waals surface area contributed by atoms with Gasteiger partial charge in [0.2, 0.25) is 0 Å². The monoisotopic (exact) mass is 286 g/mol. The molecule has 0 aliphatic heterocycles. The van der Waals surface area contributed by atoms with Gasteiger partial charge in [-0.1, -0.05) is 0 Å². The number of nitrogens with one attached hydrogen (secondary N) is 2. The van der Waals surface area contributed by atoms with E-state index < -0.39 is 6.03 Å². The molecule has 16 heavy (non-hydrogen) atoms. The fraction of sp³-hybridized carbons (Fsp3) is 0.222. The number of nitrogens with zero attached hydrogens (tertiary/aromatic N) is 1. The van der Waals surface area contributed by atoms with E-state index in [0.717, 1.165) is 0 Å². The summed E-state index contributed by atoms with van der Waals surface area (Å²) in [5.41, 5.74) is 5.17. The van der Waals surface area contributed by atoms with Gasteiger partial charge in [0.15, 0.2) is 0 Å². The third kappa shape index (κ3) is 3.85. The Morgan fingerprint density at radius 2 is 2.06 bits per heavy atom. The summed E-state index contributed by atoms with van der Waals surface area (Å²) in [6.45, 7) is 0.580. The van der Waals surface area contributed by atoms with Crippen LogP contribution in [0.1, 0.15) is 10.5 Å². The molecule has 6 nitrogen and oxygen atoms in total. The number of aromatic nitrogens is 1. The molecule has 4 N–H and O–H groups in total. The lowest BCUT2D eigenvalue weighted by Crippen LogP contribution is -2.37. The Kier molecular flexibility index (Phi) is 4.71. The third-order valence-electron chi connectivity index (χ3n) is 1.68. The molecule has 1 aromatic rings. The van der Waals surface area contributed by atoms with Crippen molar-refractivity contribution in [2.45, 2.75) is 0 Å². The second-order valence-electron chi connectivity index (χ2n) is 2.88. The van der Waals surface area contributed by atoms with Gasteiger partial charge >= 0.3 is 6.03 Å². The highest BCUT2D eigenvalue weighted by Crippen LogP contribution is 2.12. The van der Waals surface area contributed by atoms with Gasteiger partial charge in [0.05, 0.1) is 0 Å². The number of pyridine rings is 1. The quantitative estimate of drug-likeness (QED) is 0.692. The summed E-state index contributed by atoms with van der Waals surface area (Å²) in [4.78, 5) is 25.8. The molecular weight excluding hydrogens is 276 g/mol. The van der Waals surface area contributed by atoms with Crippen LogP contribution < -0.4 is 16.4 Å². The maximum Gasteiger partial charge on any atom is 0.312 e. The van der Waals surface area contributed by atoms with Crippen LogP contribution in [0.3, 0.4) is 0 Å². The lowest BCUT2D eigenvalue weighted by molar-refractivity contribution is 0.0948. The van der Waals surface area contributed by atoms with Crippen molar-refractivity contribution in [3.05, 3.63) is 28.5 Å². The third-order valence-corrected chi connectivity index (χ3v) is 2.32. The normalized spacial score (nSPS) is 9.56. The molecule has 7 heteroatoms. The molecule has 0 unspecified atom stereocenters. The molecule has 1 aromatic heterocycles. The average Bonchev–Trinajstić information content (AvgIpc) is 2.24. The van der Waals surface area contributed by atoms with Crippen LogP contribution in [0.25, 0.3) is 0 Å². The molecule has 3 amide bonds. The molecule has 0 aliphatic rings. The van der Waals surface area contributed by atoms with Gasteiger partial charge in [0.1, 0.15) is 5.69 Å². The first-order valence-corrected chi connectivity index (χ1v) is 5.32. The number of hydrogen-bond acceptors (Lipinski definition) is 3. The highest BCUT2D eigenvalue weighted by molar-refractivity contribution is 9.10. The Morgan fingerprint density at radius 1 is 1.38 bits per heavy atom. The number of nitrogens with two attached hydrogens (primary N) is 1. The van der Waals surface area contributed by atoms with Crippen LogP contribution in [-0.2, 0) is 0 Å². The minimum Gasteiger partial charge on any atom is -0.352 e. The molecular formula is C9H11BrN4O2. The number of carbonyl (C=O) groups excluding carboxylic acids is 2. The smallest absolute Gasteiger partial charge is 0.312 e. The Morgan fingerprint density at radius 3 is 2.69 bits per heavy atom. The van der Waals surface area contributed by atoms with Crippen molar-refractivity contribution in [2.24, 2.45) is 5.73 Å². The van der Waals surface area contributed by atoms with E-state index >= 15 is 0 Å². The molecule has 1 heterocycles. The van der Waals surface area contributed by atoms with E-state index in [1.54, 1.807) is 12.1 Å². The van der Waals surface area contributed by atoms with Crippen molar-refractivity contribution in [3.8, 4) is 0 Å². The van der Waals surface area contributed by atoms with Crippen LogP contribution in [0.5, 0.6) is 0 Å². The van der Waals surface area contributed by atoms with E-state index in [0.29, 0.717) is 16.7 Å². The van der Waals surface area contributed by atoms with Crippen LogP contribution in [-0.4, -0.2) is 30.0 Å². The standard InChI is InChI=1S/C9H11BrN4O2/c10-6-2-1-3-12-7(6)8(15)13-4-5-14-9(11)16/h1-3H,4-5H2,(H,13,15)(H3,11,14,16). The molecule has 0 aliphatic carbocycles. The van der Waals surface area contributed by atoms with Crippen molar-refractivity contribution in [2.75, 3.05) is 13.1 Å². The summed E-state index contributed by atoms with van der Waals surface area (Å²) in [6.07, 6.45) is 1.53. The van der Waals surface area contributed by atoms with Crippen molar-refractivity contribution < 1.29 is 9.59 Å². The first-order chi connectivity index (χ1) is 7.61. The van der Waals surface area contributed by atoms with E-state index in [1.807, 2.05) is 0 Å². The van der Waals surface area contributed by atoms with Crippen LogP contribution in [0.15, 0.2) is 22.8 Å². The number of urea groups is 1. The molecule has 0 atom stereocenters. The molecule has 0 radical (unpaired) electrons. The first-order valence-electron chi connectivity index (χ1n) is 4.53. The summed E-state index contributed by atoms with van der Waals surface area (Å²) in [7, 11) is 0. The SMILES string of the molecule is NC(=O)NCCNC(=O)c1ncccc1Br. The number of carbonyl (C=O) groups is 2. The molecule has 0 bridgehead atoms. The van der Waals surface area contributed by atoms with Crippen LogP contribution in [0.2, 0.25) is 0 Å². The molecule has 0 spiro atoms. The second-order valence-corrected chi connectivity index (χ2v) is 3.74. The first kappa shape index (κ1) is 12.4. The summed E-state index contributed by atoms with van der Waals surface area (Å²) in [5.74, 6) is -0.307. The summed E-state index contributed by atoms with van der Waals surface area (Å²) in [6, 6.07) is 2.83. The van der Waals surface area contributed by atoms with Gasteiger partial charge < -0.3 is 16.4 Å². The number of amides is 3. The van der Waals surface area contributed by atoms with Gasteiger partial charge in [-0.3, -0.25) is 4.79 Å². The van der Waals surface area contributed by atoms with Gasteiger partial charge in [-0.15, -0.1) is 0 Å². The topological polar surface area (TPSA) is 97.1 Å². The van der Waals surface area contributed by atoms with Gasteiger partial charge in [-0.25, -0.2) is 9.78 Å². The summed E-state index contributed by atoms with van der Waals surface area (Å²) in [5, 5.41) is 4.95. The Balaban J connectivity index is 2.41. The zero-order valence-corrected chi connectivity index (χ0v) is 9.95. The highest BCUT2D eigenvalue weighted by atomic mass is 79.9. The van der Waals surface area contributed by atoms with E-state index in [4.69, 9.17) is 5.73 Å². The molecule has 1 rings (SSSR count). The number of hydrogen-bond donors (Lipinski definition) is 3. The van der Waals surface area contributed by atoms with Crippen molar-refractivity contribution in [1.82, 2.24) is 15.6 Å². The Bertz CT molecular complexity index is 397. The Hall–Kier alpha value is -1.63. The van der Waals surface area contributed by atoms with Gasteiger partial charge in [-0.05, 0) is 28.1 Å². The fourth-order valence-corrected chi connectivity index (χ4v) is 1.43. The predicted octanol–water partition coefficient (Wildman–Crippen LogP) is 0.242. The van der Waals surface area contributed by atoms with Crippen LogP contribution in [0, 0.1) is 0 Å². The number of primary amides is 1. The predicted molar refractivity (Wildman–Crippen MR) is 61.9 cm³/mol. The maximum atomic E-state index is 11.6. The van der Waals surface area contributed by atoms with Crippen molar-refractivity contribution in [3.63, 3.8) is 0 Å². The second kappa shape index (κ2) is 6.06. The molecule has 0 aromatic carbocycles. The van der Waals surface area contributed by atoms with Gasteiger partial charge in [0, 0.05) is 23.8 Å².